The number of imidazole rings is 1. The summed E-state index contributed by atoms with van der Waals surface area (Å²) >= 11 is 6.31. The number of amides is 1. The molecule has 3 heterocycles. The summed E-state index contributed by atoms with van der Waals surface area (Å²) in [6.07, 6.45) is 4.35. The van der Waals surface area contributed by atoms with Crippen molar-refractivity contribution in [2.45, 2.75) is 6.92 Å². The van der Waals surface area contributed by atoms with Crippen molar-refractivity contribution in [3.05, 3.63) is 59.1 Å². The number of benzene rings is 1. The first kappa shape index (κ1) is 16.9. The number of aromatic nitrogens is 5. The largest absolute Gasteiger partial charge is 0.492 e. The Labute approximate surface area is 158 Å². The van der Waals surface area contributed by atoms with Crippen molar-refractivity contribution in [1.82, 2.24) is 24.9 Å². The number of nitrogens with zero attached hydrogens (tertiary/aromatic N) is 4. The normalized spacial score (nSPS) is 10.9. The van der Waals surface area contributed by atoms with Crippen LogP contribution in [0.1, 0.15) is 16.1 Å². The summed E-state index contributed by atoms with van der Waals surface area (Å²) in [4.78, 5) is 31.7. The van der Waals surface area contributed by atoms with Crippen LogP contribution in [-0.4, -0.2) is 35.9 Å². The Morgan fingerprint density at radius 1 is 1.19 bits per heavy atom. The van der Waals surface area contributed by atoms with Crippen LogP contribution in [0, 0.1) is 6.92 Å². The van der Waals surface area contributed by atoms with Gasteiger partial charge in [0.1, 0.15) is 5.82 Å². The number of pyridine rings is 1. The molecule has 0 saturated heterocycles. The summed E-state index contributed by atoms with van der Waals surface area (Å²) in [6, 6.07) is 6.91. The Morgan fingerprint density at radius 2 is 2.00 bits per heavy atom. The van der Waals surface area contributed by atoms with Crippen LogP contribution < -0.4 is 5.32 Å². The monoisotopic (exact) mass is 380 g/mol. The van der Waals surface area contributed by atoms with E-state index in [1.165, 1.54) is 12.4 Å². The Morgan fingerprint density at radius 3 is 2.81 bits per heavy atom. The summed E-state index contributed by atoms with van der Waals surface area (Å²) in [6.45, 7) is 1.94. The molecular formula is C18H13ClN6O2. The predicted molar refractivity (Wildman–Crippen MR) is 101 cm³/mol. The second-order valence-electron chi connectivity index (χ2n) is 5.85. The van der Waals surface area contributed by atoms with E-state index in [2.05, 4.69) is 30.2 Å². The van der Waals surface area contributed by atoms with Gasteiger partial charge in [0.2, 0.25) is 5.88 Å². The average molecular weight is 381 g/mol. The molecule has 134 valence electrons. The maximum Gasteiger partial charge on any atom is 0.279 e. The summed E-state index contributed by atoms with van der Waals surface area (Å²) < 4.78 is 0. The molecule has 0 spiro atoms. The number of hydrogen-bond acceptors (Lipinski definition) is 6. The maximum atomic E-state index is 12.3. The highest BCUT2D eigenvalue weighted by atomic mass is 35.5. The second kappa shape index (κ2) is 6.65. The molecule has 0 fully saturated rings. The third-order valence-corrected chi connectivity index (χ3v) is 4.18. The van der Waals surface area contributed by atoms with E-state index in [4.69, 9.17) is 11.6 Å². The number of anilines is 1. The van der Waals surface area contributed by atoms with Crippen LogP contribution in [0.25, 0.3) is 22.6 Å². The molecule has 0 aliphatic carbocycles. The van der Waals surface area contributed by atoms with Gasteiger partial charge in [0.05, 0.1) is 10.5 Å². The molecular weight excluding hydrogens is 368 g/mol. The average Bonchev–Trinajstić information content (AvgIpc) is 3.06. The summed E-state index contributed by atoms with van der Waals surface area (Å²) in [5.41, 5.74) is 3.28. The fraction of sp³-hybridized carbons (Fsp3) is 0.0556. The van der Waals surface area contributed by atoms with Crippen LogP contribution in [-0.2, 0) is 0 Å². The number of carbonyl (C=O) groups is 1. The molecule has 8 nitrogen and oxygen atoms in total. The first-order valence-electron chi connectivity index (χ1n) is 7.95. The number of aryl methyl sites for hydroxylation is 1. The molecule has 4 rings (SSSR count). The van der Waals surface area contributed by atoms with E-state index >= 15 is 0 Å². The lowest BCUT2D eigenvalue weighted by molar-refractivity contribution is 0.101. The Hall–Kier alpha value is -3.52. The van der Waals surface area contributed by atoms with Gasteiger partial charge in [-0.05, 0) is 36.8 Å². The lowest BCUT2D eigenvalue weighted by atomic mass is 10.2. The van der Waals surface area contributed by atoms with Crippen LogP contribution >= 0.6 is 11.6 Å². The Bertz CT molecular complexity index is 1170. The fourth-order valence-electron chi connectivity index (χ4n) is 2.60. The van der Waals surface area contributed by atoms with Crippen molar-refractivity contribution in [1.29, 1.82) is 0 Å². The SMILES string of the molecule is Cc1cnc2nc(-c3cc(NC(=O)c4nccnc4O)ccc3Cl)[nH]c2c1. The number of fused-ring (bicyclic) bond motifs is 1. The second-order valence-corrected chi connectivity index (χ2v) is 6.25. The van der Waals surface area contributed by atoms with E-state index in [9.17, 15) is 9.90 Å². The summed E-state index contributed by atoms with van der Waals surface area (Å²) in [5, 5.41) is 12.8. The van der Waals surface area contributed by atoms with Crippen molar-refractivity contribution >= 4 is 34.4 Å². The van der Waals surface area contributed by atoms with Crippen molar-refractivity contribution in [2.24, 2.45) is 0 Å². The van der Waals surface area contributed by atoms with Crippen LogP contribution in [0.5, 0.6) is 5.88 Å². The van der Waals surface area contributed by atoms with E-state index in [-0.39, 0.29) is 5.69 Å². The van der Waals surface area contributed by atoms with Gasteiger partial charge in [0.25, 0.3) is 5.91 Å². The molecule has 0 unspecified atom stereocenters. The minimum atomic E-state index is -0.587. The zero-order valence-electron chi connectivity index (χ0n) is 14.1. The van der Waals surface area contributed by atoms with E-state index in [1.807, 2.05) is 13.0 Å². The van der Waals surface area contributed by atoms with E-state index < -0.39 is 11.8 Å². The Balaban J connectivity index is 1.68. The van der Waals surface area contributed by atoms with Crippen molar-refractivity contribution < 1.29 is 9.90 Å². The molecule has 1 aromatic carbocycles. The highest BCUT2D eigenvalue weighted by molar-refractivity contribution is 6.33. The van der Waals surface area contributed by atoms with E-state index in [1.54, 1.807) is 24.4 Å². The molecule has 0 aliphatic heterocycles. The quantitative estimate of drug-likeness (QED) is 0.502. The number of carbonyl (C=O) groups excluding carboxylic acids is 1. The number of hydrogen-bond donors (Lipinski definition) is 3. The molecule has 1 amide bonds. The molecule has 9 heteroatoms. The smallest absolute Gasteiger partial charge is 0.279 e. The number of halogens is 1. The molecule has 27 heavy (non-hydrogen) atoms. The number of aromatic hydroxyl groups is 1. The zero-order valence-corrected chi connectivity index (χ0v) is 14.8. The van der Waals surface area contributed by atoms with Gasteiger partial charge in [0, 0.05) is 29.8 Å². The van der Waals surface area contributed by atoms with Crippen LogP contribution in [0.2, 0.25) is 5.02 Å². The zero-order chi connectivity index (χ0) is 19.0. The van der Waals surface area contributed by atoms with Crippen molar-refractivity contribution in [3.63, 3.8) is 0 Å². The minimum absolute atomic E-state index is 0.169. The highest BCUT2D eigenvalue weighted by Crippen LogP contribution is 2.30. The van der Waals surface area contributed by atoms with Crippen molar-refractivity contribution in [3.8, 4) is 17.3 Å². The third-order valence-electron chi connectivity index (χ3n) is 3.85. The molecule has 0 aliphatic rings. The topological polar surface area (TPSA) is 117 Å². The van der Waals surface area contributed by atoms with Gasteiger partial charge in [-0.15, -0.1) is 0 Å². The molecule has 3 N–H and O–H groups in total. The fourth-order valence-corrected chi connectivity index (χ4v) is 2.80. The van der Waals surface area contributed by atoms with Crippen LogP contribution in [0.15, 0.2) is 42.9 Å². The van der Waals surface area contributed by atoms with E-state index in [0.717, 1.165) is 11.1 Å². The van der Waals surface area contributed by atoms with Gasteiger partial charge < -0.3 is 15.4 Å². The molecule has 0 atom stereocenters. The maximum absolute atomic E-state index is 12.3. The van der Waals surface area contributed by atoms with Gasteiger partial charge in [-0.3, -0.25) is 4.79 Å². The third kappa shape index (κ3) is 3.30. The lowest BCUT2D eigenvalue weighted by Gasteiger charge is -2.08. The molecule has 4 aromatic rings. The Kier molecular flexibility index (Phi) is 4.17. The number of nitrogens with one attached hydrogen (secondary N) is 2. The van der Waals surface area contributed by atoms with Gasteiger partial charge in [-0.2, -0.15) is 0 Å². The molecule has 3 aromatic heterocycles. The molecule has 0 saturated carbocycles. The van der Waals surface area contributed by atoms with Gasteiger partial charge in [-0.1, -0.05) is 11.6 Å². The lowest BCUT2D eigenvalue weighted by Crippen LogP contribution is -2.14. The van der Waals surface area contributed by atoms with Gasteiger partial charge in [0.15, 0.2) is 11.3 Å². The minimum Gasteiger partial charge on any atom is -0.492 e. The van der Waals surface area contributed by atoms with Crippen LogP contribution in [0.3, 0.4) is 0 Å². The van der Waals surface area contributed by atoms with Crippen molar-refractivity contribution in [2.75, 3.05) is 5.32 Å². The number of aromatic amines is 1. The number of H-pyrrole nitrogens is 1. The first-order valence-corrected chi connectivity index (χ1v) is 8.32. The first-order chi connectivity index (χ1) is 13.0. The van der Waals surface area contributed by atoms with Crippen LogP contribution in [0.4, 0.5) is 5.69 Å². The molecule has 0 bridgehead atoms. The highest BCUT2D eigenvalue weighted by Gasteiger charge is 2.16. The standard InChI is InChI=1S/C18H13ClN6O2/c1-9-6-13-16(22-8-9)25-15(24-13)11-7-10(2-3-12(11)19)23-18(27)14-17(26)21-5-4-20-14/h2-8H,1H3,(H,21,26)(H,23,27)(H,22,24,25). The molecule has 0 radical (unpaired) electrons. The summed E-state index contributed by atoms with van der Waals surface area (Å²) in [5.74, 6) is -0.495. The summed E-state index contributed by atoms with van der Waals surface area (Å²) in [7, 11) is 0. The van der Waals surface area contributed by atoms with Gasteiger partial charge >= 0.3 is 0 Å². The number of rotatable bonds is 3. The predicted octanol–water partition coefficient (Wildman–Crippen LogP) is 3.33. The van der Waals surface area contributed by atoms with E-state index in [0.29, 0.717) is 27.7 Å². The van der Waals surface area contributed by atoms with Gasteiger partial charge in [-0.25, -0.2) is 19.9 Å².